The molecule has 0 bridgehead atoms. The number of carbonyl (C=O) groups excluding carboxylic acids is 1. The van der Waals surface area contributed by atoms with Gasteiger partial charge < -0.3 is 10.1 Å². The summed E-state index contributed by atoms with van der Waals surface area (Å²) in [7, 11) is -4.06. The van der Waals surface area contributed by atoms with E-state index in [0.29, 0.717) is 18.9 Å². The Morgan fingerprint density at radius 1 is 1.00 bits per heavy atom. The number of nitro groups is 2. The number of alkyl halides is 3. The molecule has 2 aromatic carbocycles. The van der Waals surface area contributed by atoms with Crippen LogP contribution in [0, 0.1) is 20.2 Å². The van der Waals surface area contributed by atoms with Crippen LogP contribution < -0.4 is 10.1 Å². The number of piperidine rings is 1. The molecule has 12 nitrogen and oxygen atoms in total. The zero-order valence-corrected chi connectivity index (χ0v) is 19.2. The molecule has 1 aliphatic rings. The quantitative estimate of drug-likeness (QED) is 0.396. The molecule has 1 aliphatic heterocycles. The number of anilines is 1. The number of halogens is 3. The highest BCUT2D eigenvalue weighted by molar-refractivity contribution is 7.89. The Morgan fingerprint density at radius 2 is 1.58 bits per heavy atom. The van der Waals surface area contributed by atoms with Crippen molar-refractivity contribution in [3.63, 3.8) is 0 Å². The Labute approximate surface area is 202 Å². The van der Waals surface area contributed by atoms with Gasteiger partial charge in [0.05, 0.1) is 32.1 Å². The van der Waals surface area contributed by atoms with Crippen LogP contribution in [0.15, 0.2) is 41.3 Å². The Hall–Kier alpha value is -3.79. The molecule has 16 heteroatoms. The van der Waals surface area contributed by atoms with E-state index in [9.17, 15) is 46.6 Å². The number of ether oxygens (including phenoxy) is 1. The van der Waals surface area contributed by atoms with Gasteiger partial charge >= 0.3 is 6.18 Å². The summed E-state index contributed by atoms with van der Waals surface area (Å²) in [4.78, 5) is 32.7. The number of rotatable bonds is 8. The number of nitro benzene ring substituents is 2. The fourth-order valence-electron chi connectivity index (χ4n) is 3.44. The lowest BCUT2D eigenvalue weighted by molar-refractivity contribution is -0.394. The smallest absolute Gasteiger partial charge is 0.422 e. The van der Waals surface area contributed by atoms with E-state index in [-0.39, 0.29) is 18.0 Å². The maximum absolute atomic E-state index is 13.0. The molecule has 0 saturated carbocycles. The van der Waals surface area contributed by atoms with Crippen LogP contribution in [0.25, 0.3) is 0 Å². The Morgan fingerprint density at radius 3 is 2.11 bits per heavy atom. The standard InChI is InChI=1S/C20H19F3N4O8S/c21-20(22,23)12-35-18-5-4-16(36(33,34)25-6-2-1-3-7-25)11-17(18)24-19(28)13-8-14(26(29)30)10-15(9-13)27(31)32/h4-5,8-11H,1-3,6-7,12H2,(H,24,28). The number of amides is 1. The van der Waals surface area contributed by atoms with E-state index in [0.717, 1.165) is 36.8 Å². The molecule has 36 heavy (non-hydrogen) atoms. The van der Waals surface area contributed by atoms with E-state index in [1.165, 1.54) is 4.31 Å². The lowest BCUT2D eigenvalue weighted by atomic mass is 10.1. The van der Waals surface area contributed by atoms with E-state index < -0.39 is 66.9 Å². The van der Waals surface area contributed by atoms with Crippen LogP contribution in [0.4, 0.5) is 30.2 Å². The summed E-state index contributed by atoms with van der Waals surface area (Å²) >= 11 is 0. The molecule has 0 radical (unpaired) electrons. The first kappa shape index (κ1) is 26.8. The van der Waals surface area contributed by atoms with Gasteiger partial charge in [-0.3, -0.25) is 25.0 Å². The lowest BCUT2D eigenvalue weighted by Gasteiger charge is -2.26. The minimum atomic E-state index is -4.75. The molecule has 1 amide bonds. The Kier molecular flexibility index (Phi) is 7.78. The van der Waals surface area contributed by atoms with Crippen molar-refractivity contribution in [3.05, 3.63) is 62.2 Å². The number of sulfonamides is 1. The largest absolute Gasteiger partial charge is 0.482 e. The normalized spacial score (nSPS) is 14.8. The van der Waals surface area contributed by atoms with Crippen molar-refractivity contribution >= 4 is 33.0 Å². The fourth-order valence-corrected chi connectivity index (χ4v) is 4.98. The molecule has 1 heterocycles. The molecule has 0 aromatic heterocycles. The third kappa shape index (κ3) is 6.45. The molecule has 0 unspecified atom stereocenters. The van der Waals surface area contributed by atoms with Crippen LogP contribution in [0.5, 0.6) is 5.75 Å². The monoisotopic (exact) mass is 532 g/mol. The molecule has 1 N–H and O–H groups in total. The van der Waals surface area contributed by atoms with Crippen molar-refractivity contribution in [2.45, 2.75) is 30.3 Å². The van der Waals surface area contributed by atoms with Crippen LogP contribution in [0.3, 0.4) is 0 Å². The number of benzene rings is 2. The van der Waals surface area contributed by atoms with E-state index in [4.69, 9.17) is 4.74 Å². The summed E-state index contributed by atoms with van der Waals surface area (Å²) < 4.78 is 70.1. The SMILES string of the molecule is O=C(Nc1cc(S(=O)(=O)N2CCCCC2)ccc1OCC(F)(F)F)c1cc([N+](=O)[O-])cc([N+](=O)[O-])c1. The molecule has 194 valence electrons. The minimum absolute atomic E-state index is 0.244. The van der Waals surface area contributed by atoms with Gasteiger partial charge in [-0.05, 0) is 31.0 Å². The Balaban J connectivity index is 2.01. The van der Waals surface area contributed by atoms with Gasteiger partial charge in [0.2, 0.25) is 10.0 Å². The van der Waals surface area contributed by atoms with Crippen LogP contribution in [-0.2, 0) is 10.0 Å². The number of nitrogens with one attached hydrogen (secondary N) is 1. The van der Waals surface area contributed by atoms with Crippen LogP contribution in [0.2, 0.25) is 0 Å². The van der Waals surface area contributed by atoms with E-state index in [2.05, 4.69) is 5.32 Å². The van der Waals surface area contributed by atoms with E-state index in [1.54, 1.807) is 0 Å². The third-order valence-corrected chi connectivity index (χ3v) is 7.02. The van der Waals surface area contributed by atoms with Gasteiger partial charge in [-0.2, -0.15) is 17.5 Å². The summed E-state index contributed by atoms with van der Waals surface area (Å²) in [6.45, 7) is -1.27. The average molecular weight is 532 g/mol. The first-order chi connectivity index (χ1) is 16.8. The zero-order valence-electron chi connectivity index (χ0n) is 18.4. The molecular weight excluding hydrogens is 513 g/mol. The molecule has 1 fully saturated rings. The Bertz CT molecular complexity index is 1260. The van der Waals surface area contributed by atoms with E-state index in [1.807, 2.05) is 0 Å². The number of nitrogens with zero attached hydrogens (tertiary/aromatic N) is 3. The maximum atomic E-state index is 13.0. The second-order valence-corrected chi connectivity index (χ2v) is 9.67. The molecule has 1 saturated heterocycles. The van der Waals surface area contributed by atoms with Crippen molar-refractivity contribution in [3.8, 4) is 5.75 Å². The summed E-state index contributed by atoms with van der Waals surface area (Å²) in [5, 5.41) is 24.4. The van der Waals surface area contributed by atoms with Gasteiger partial charge in [0, 0.05) is 25.2 Å². The van der Waals surface area contributed by atoms with Crippen LogP contribution in [-0.4, -0.2) is 54.3 Å². The van der Waals surface area contributed by atoms with Crippen molar-refractivity contribution in [1.29, 1.82) is 0 Å². The number of carbonyl (C=O) groups is 1. The van der Waals surface area contributed by atoms with Crippen LogP contribution >= 0.6 is 0 Å². The molecule has 2 aromatic rings. The molecule has 0 spiro atoms. The van der Waals surface area contributed by atoms with Gasteiger partial charge in [0.1, 0.15) is 5.75 Å². The first-order valence-corrected chi connectivity index (χ1v) is 11.8. The van der Waals surface area contributed by atoms with Crippen molar-refractivity contribution in [2.24, 2.45) is 0 Å². The highest BCUT2D eigenvalue weighted by Gasteiger charge is 2.31. The highest BCUT2D eigenvalue weighted by Crippen LogP contribution is 2.32. The minimum Gasteiger partial charge on any atom is -0.482 e. The van der Waals surface area contributed by atoms with Gasteiger partial charge in [-0.1, -0.05) is 6.42 Å². The maximum Gasteiger partial charge on any atom is 0.422 e. The van der Waals surface area contributed by atoms with Gasteiger partial charge in [0.25, 0.3) is 17.3 Å². The zero-order chi connectivity index (χ0) is 26.7. The van der Waals surface area contributed by atoms with Crippen molar-refractivity contribution in [2.75, 3.05) is 25.0 Å². The van der Waals surface area contributed by atoms with Gasteiger partial charge in [-0.15, -0.1) is 0 Å². The summed E-state index contributed by atoms with van der Waals surface area (Å²) in [6, 6.07) is 4.96. The van der Waals surface area contributed by atoms with Crippen molar-refractivity contribution < 1.29 is 41.0 Å². The predicted octanol–water partition coefficient (Wildman–Crippen LogP) is 3.87. The lowest BCUT2D eigenvalue weighted by Crippen LogP contribution is -2.35. The summed E-state index contributed by atoms with van der Waals surface area (Å²) in [5.74, 6) is -1.70. The summed E-state index contributed by atoms with van der Waals surface area (Å²) in [5.41, 5.74) is -2.58. The number of hydrogen-bond donors (Lipinski definition) is 1. The predicted molar refractivity (Wildman–Crippen MR) is 118 cm³/mol. The number of hydrogen-bond acceptors (Lipinski definition) is 8. The summed E-state index contributed by atoms with van der Waals surface area (Å²) in [6.07, 6.45) is -2.66. The van der Waals surface area contributed by atoms with E-state index >= 15 is 0 Å². The topological polar surface area (TPSA) is 162 Å². The second-order valence-electron chi connectivity index (χ2n) is 7.73. The molecular formula is C20H19F3N4O8S. The van der Waals surface area contributed by atoms with Crippen molar-refractivity contribution in [1.82, 2.24) is 4.31 Å². The second kappa shape index (κ2) is 10.4. The van der Waals surface area contributed by atoms with Gasteiger partial charge in [0.15, 0.2) is 6.61 Å². The fraction of sp³-hybridized carbons (Fsp3) is 0.350. The first-order valence-electron chi connectivity index (χ1n) is 10.4. The number of non-ortho nitro benzene ring substituents is 2. The van der Waals surface area contributed by atoms with Crippen LogP contribution in [0.1, 0.15) is 29.6 Å². The molecule has 0 atom stereocenters. The highest BCUT2D eigenvalue weighted by atomic mass is 32.2. The molecule has 0 aliphatic carbocycles. The third-order valence-electron chi connectivity index (χ3n) is 5.13. The van der Waals surface area contributed by atoms with Gasteiger partial charge in [-0.25, -0.2) is 8.42 Å². The average Bonchev–Trinajstić information content (AvgIpc) is 2.82. The molecule has 3 rings (SSSR count).